The molecule has 0 atom stereocenters. The second-order valence-corrected chi connectivity index (χ2v) is 4.30. The van der Waals surface area contributed by atoms with Gasteiger partial charge in [0, 0.05) is 0 Å². The second kappa shape index (κ2) is 4.56. The Labute approximate surface area is 96.4 Å². The minimum absolute atomic E-state index is 0.381. The lowest BCUT2D eigenvalue weighted by atomic mass is 10.1. The molecule has 16 heavy (non-hydrogen) atoms. The second-order valence-electron chi connectivity index (χ2n) is 4.30. The van der Waals surface area contributed by atoms with E-state index in [1.807, 2.05) is 32.0 Å². The number of benzene rings is 1. The summed E-state index contributed by atoms with van der Waals surface area (Å²) in [6, 6.07) is 5.77. The van der Waals surface area contributed by atoms with Crippen LogP contribution in [0.3, 0.4) is 0 Å². The van der Waals surface area contributed by atoms with Crippen molar-refractivity contribution >= 4 is 5.97 Å². The Bertz CT molecular complexity index is 394. The van der Waals surface area contributed by atoms with Crippen molar-refractivity contribution in [1.82, 2.24) is 0 Å². The average molecular weight is 222 g/mol. The fraction of sp³-hybridized carbons (Fsp3) is 0.462. The smallest absolute Gasteiger partial charge is 0.349 e. The zero-order valence-electron chi connectivity index (χ0n) is 10.5. The zero-order valence-corrected chi connectivity index (χ0v) is 10.5. The maximum absolute atomic E-state index is 11.5. The van der Waals surface area contributed by atoms with Crippen LogP contribution in [-0.2, 0) is 9.53 Å². The fourth-order valence-corrected chi connectivity index (χ4v) is 1.40. The van der Waals surface area contributed by atoms with Crippen LogP contribution < -0.4 is 4.74 Å². The Hall–Kier alpha value is -1.51. The average Bonchev–Trinajstić information content (AvgIpc) is 2.23. The first kappa shape index (κ1) is 12.6. The Morgan fingerprint density at radius 2 is 1.88 bits per heavy atom. The molecule has 0 saturated carbocycles. The van der Waals surface area contributed by atoms with Crippen LogP contribution in [0.5, 0.6) is 5.75 Å². The van der Waals surface area contributed by atoms with Crippen molar-refractivity contribution in [2.75, 3.05) is 7.11 Å². The molecule has 0 bridgehead atoms. The number of carbonyl (C=O) groups excluding carboxylic acids is 1. The molecule has 1 aromatic carbocycles. The monoisotopic (exact) mass is 222 g/mol. The van der Waals surface area contributed by atoms with Gasteiger partial charge in [-0.15, -0.1) is 0 Å². The SMILES string of the molecule is COC(=O)C(C)(C)Oc1cccc(C)c1C. The fourth-order valence-electron chi connectivity index (χ4n) is 1.40. The van der Waals surface area contributed by atoms with Crippen LogP contribution >= 0.6 is 0 Å². The maximum atomic E-state index is 11.5. The molecule has 0 radical (unpaired) electrons. The van der Waals surface area contributed by atoms with Crippen LogP contribution in [-0.4, -0.2) is 18.7 Å². The summed E-state index contributed by atoms with van der Waals surface area (Å²) >= 11 is 0. The van der Waals surface area contributed by atoms with E-state index in [0.717, 1.165) is 16.9 Å². The van der Waals surface area contributed by atoms with E-state index in [9.17, 15) is 4.79 Å². The highest BCUT2D eigenvalue weighted by molar-refractivity contribution is 5.78. The minimum Gasteiger partial charge on any atom is -0.476 e. The van der Waals surface area contributed by atoms with Crippen LogP contribution in [0.1, 0.15) is 25.0 Å². The van der Waals surface area contributed by atoms with Crippen molar-refractivity contribution < 1.29 is 14.3 Å². The van der Waals surface area contributed by atoms with Gasteiger partial charge in [-0.3, -0.25) is 0 Å². The largest absolute Gasteiger partial charge is 0.476 e. The molecular formula is C13H18O3. The molecule has 0 amide bonds. The van der Waals surface area contributed by atoms with Crippen molar-refractivity contribution in [3.63, 3.8) is 0 Å². The van der Waals surface area contributed by atoms with E-state index >= 15 is 0 Å². The van der Waals surface area contributed by atoms with Crippen LogP contribution in [0.15, 0.2) is 18.2 Å². The molecule has 0 aliphatic heterocycles. The minimum atomic E-state index is -0.965. The van der Waals surface area contributed by atoms with Gasteiger partial charge in [-0.05, 0) is 44.9 Å². The summed E-state index contributed by atoms with van der Waals surface area (Å²) in [5, 5.41) is 0. The van der Waals surface area contributed by atoms with Gasteiger partial charge in [0.25, 0.3) is 0 Å². The van der Waals surface area contributed by atoms with Crippen molar-refractivity contribution in [2.45, 2.75) is 33.3 Å². The van der Waals surface area contributed by atoms with Gasteiger partial charge in [0.15, 0.2) is 5.60 Å². The third-order valence-corrected chi connectivity index (χ3v) is 2.60. The molecule has 0 heterocycles. The molecule has 1 aromatic rings. The molecule has 0 N–H and O–H groups in total. The Morgan fingerprint density at radius 3 is 2.44 bits per heavy atom. The molecule has 0 aromatic heterocycles. The third-order valence-electron chi connectivity index (χ3n) is 2.60. The third kappa shape index (κ3) is 2.54. The summed E-state index contributed by atoms with van der Waals surface area (Å²) in [4.78, 5) is 11.5. The molecule has 0 aliphatic carbocycles. The van der Waals surface area contributed by atoms with Crippen LogP contribution in [0.4, 0.5) is 0 Å². The number of hydrogen-bond acceptors (Lipinski definition) is 3. The Kier molecular flexibility index (Phi) is 3.58. The number of hydrogen-bond donors (Lipinski definition) is 0. The van der Waals surface area contributed by atoms with Gasteiger partial charge >= 0.3 is 5.97 Å². The highest BCUT2D eigenvalue weighted by atomic mass is 16.6. The van der Waals surface area contributed by atoms with Gasteiger partial charge in [-0.2, -0.15) is 0 Å². The summed E-state index contributed by atoms with van der Waals surface area (Å²) in [6.45, 7) is 7.37. The molecule has 1 rings (SSSR count). The van der Waals surface area contributed by atoms with E-state index in [-0.39, 0.29) is 5.97 Å². The van der Waals surface area contributed by atoms with E-state index in [1.54, 1.807) is 13.8 Å². The summed E-state index contributed by atoms with van der Waals surface area (Å²) in [5.41, 5.74) is 1.21. The van der Waals surface area contributed by atoms with E-state index in [2.05, 4.69) is 0 Å². The molecular weight excluding hydrogens is 204 g/mol. The standard InChI is InChI=1S/C13H18O3/c1-9-7-6-8-11(10(9)2)16-13(3,4)12(14)15-5/h6-8H,1-5H3. The van der Waals surface area contributed by atoms with Gasteiger partial charge in [-0.1, -0.05) is 12.1 Å². The zero-order chi connectivity index (χ0) is 12.3. The lowest BCUT2D eigenvalue weighted by Gasteiger charge is -2.24. The lowest BCUT2D eigenvalue weighted by Crippen LogP contribution is -2.39. The molecule has 0 fully saturated rings. The Morgan fingerprint density at radius 1 is 1.25 bits per heavy atom. The summed E-state index contributed by atoms with van der Waals surface area (Å²) in [7, 11) is 1.36. The number of ether oxygens (including phenoxy) is 2. The molecule has 0 unspecified atom stereocenters. The molecule has 3 heteroatoms. The van der Waals surface area contributed by atoms with E-state index in [0.29, 0.717) is 0 Å². The predicted octanol–water partition coefficient (Wildman–Crippen LogP) is 2.63. The summed E-state index contributed by atoms with van der Waals surface area (Å²) < 4.78 is 10.4. The number of rotatable bonds is 3. The number of methoxy groups -OCH3 is 1. The van der Waals surface area contributed by atoms with E-state index < -0.39 is 5.60 Å². The Balaban J connectivity index is 2.96. The quantitative estimate of drug-likeness (QED) is 0.737. The van der Waals surface area contributed by atoms with E-state index in [4.69, 9.17) is 9.47 Å². The van der Waals surface area contributed by atoms with Gasteiger partial charge in [0.05, 0.1) is 7.11 Å². The van der Waals surface area contributed by atoms with Gasteiger partial charge in [0.2, 0.25) is 0 Å². The van der Waals surface area contributed by atoms with E-state index in [1.165, 1.54) is 7.11 Å². The summed E-state index contributed by atoms with van der Waals surface area (Å²) in [5.74, 6) is 0.337. The molecule has 3 nitrogen and oxygen atoms in total. The van der Waals surface area contributed by atoms with Crippen LogP contribution in [0.25, 0.3) is 0 Å². The van der Waals surface area contributed by atoms with Crippen LogP contribution in [0, 0.1) is 13.8 Å². The normalized spacial score (nSPS) is 11.1. The first-order valence-corrected chi connectivity index (χ1v) is 5.22. The molecule has 88 valence electrons. The lowest BCUT2D eigenvalue weighted by molar-refractivity contribution is -0.156. The van der Waals surface area contributed by atoms with Crippen molar-refractivity contribution in [3.8, 4) is 5.75 Å². The maximum Gasteiger partial charge on any atom is 0.349 e. The summed E-state index contributed by atoms with van der Waals surface area (Å²) in [6.07, 6.45) is 0. The number of aryl methyl sites for hydroxylation is 1. The first-order valence-electron chi connectivity index (χ1n) is 5.22. The first-order chi connectivity index (χ1) is 7.38. The van der Waals surface area contributed by atoms with Gasteiger partial charge in [-0.25, -0.2) is 4.79 Å². The number of esters is 1. The van der Waals surface area contributed by atoms with Crippen molar-refractivity contribution in [2.24, 2.45) is 0 Å². The molecule has 0 aliphatic rings. The highest BCUT2D eigenvalue weighted by Crippen LogP contribution is 2.25. The van der Waals surface area contributed by atoms with Crippen LogP contribution in [0.2, 0.25) is 0 Å². The highest BCUT2D eigenvalue weighted by Gasteiger charge is 2.31. The topological polar surface area (TPSA) is 35.5 Å². The van der Waals surface area contributed by atoms with Gasteiger partial charge in [0.1, 0.15) is 5.75 Å². The van der Waals surface area contributed by atoms with Crippen molar-refractivity contribution in [1.29, 1.82) is 0 Å². The van der Waals surface area contributed by atoms with Gasteiger partial charge < -0.3 is 9.47 Å². The number of carbonyl (C=O) groups is 1. The molecule has 0 spiro atoms. The molecule has 0 saturated heterocycles. The van der Waals surface area contributed by atoms with Crippen molar-refractivity contribution in [3.05, 3.63) is 29.3 Å². The predicted molar refractivity (Wildman–Crippen MR) is 62.6 cm³/mol.